The summed E-state index contributed by atoms with van der Waals surface area (Å²) in [6.07, 6.45) is -0.252. The van der Waals surface area contributed by atoms with Crippen molar-refractivity contribution in [2.45, 2.75) is 25.4 Å². The molecule has 1 unspecified atom stereocenters. The van der Waals surface area contributed by atoms with Gasteiger partial charge in [-0.3, -0.25) is 9.59 Å². The van der Waals surface area contributed by atoms with Gasteiger partial charge in [0.2, 0.25) is 0 Å². The van der Waals surface area contributed by atoms with Crippen molar-refractivity contribution in [2.24, 2.45) is 5.92 Å². The minimum atomic E-state index is -1.87. The maximum Gasteiger partial charge on any atom is 0.312 e. The molecule has 1 aromatic carbocycles. The Morgan fingerprint density at radius 2 is 1.92 bits per heavy atom. The summed E-state index contributed by atoms with van der Waals surface area (Å²) in [5, 5.41) is 0. The molecule has 6 heteroatoms. The van der Waals surface area contributed by atoms with Gasteiger partial charge in [-0.25, -0.2) is 4.39 Å². The van der Waals surface area contributed by atoms with Crippen LogP contribution in [0.5, 0.6) is 0 Å². The van der Waals surface area contributed by atoms with Gasteiger partial charge >= 0.3 is 5.97 Å². The summed E-state index contributed by atoms with van der Waals surface area (Å²) in [5.41, 5.74) is 1.12. The van der Waals surface area contributed by atoms with E-state index in [4.69, 9.17) is 9.47 Å². The Kier molecular flexibility index (Phi) is 7.18. The fourth-order valence-electron chi connectivity index (χ4n) is 2.84. The van der Waals surface area contributed by atoms with Gasteiger partial charge in [-0.15, -0.1) is 0 Å². The quantitative estimate of drug-likeness (QED) is 0.714. The molecule has 2 atom stereocenters. The average Bonchev–Trinajstić information content (AvgIpc) is 2.65. The van der Waals surface area contributed by atoms with E-state index in [1.807, 2.05) is 30.3 Å². The van der Waals surface area contributed by atoms with Crippen molar-refractivity contribution in [2.75, 3.05) is 33.4 Å². The van der Waals surface area contributed by atoms with Gasteiger partial charge in [-0.1, -0.05) is 30.3 Å². The summed E-state index contributed by atoms with van der Waals surface area (Å²) in [4.78, 5) is 25.6. The number of methoxy groups -OCH3 is 1. The second kappa shape index (κ2) is 9.37. The van der Waals surface area contributed by atoms with E-state index < -0.39 is 24.0 Å². The first kappa shape index (κ1) is 18.4. The maximum absolute atomic E-state index is 14.7. The summed E-state index contributed by atoms with van der Waals surface area (Å²) in [5.74, 6) is -2.38. The third kappa shape index (κ3) is 5.03. The molecule has 1 aromatic rings. The van der Waals surface area contributed by atoms with Crippen LogP contribution in [0, 0.1) is 5.92 Å². The zero-order chi connectivity index (χ0) is 17.4. The van der Waals surface area contributed by atoms with E-state index in [9.17, 15) is 14.0 Å². The fourth-order valence-corrected chi connectivity index (χ4v) is 2.84. The molecule has 1 heterocycles. The molecule has 1 aliphatic heterocycles. The van der Waals surface area contributed by atoms with Gasteiger partial charge < -0.3 is 14.4 Å². The molecule has 24 heavy (non-hydrogen) atoms. The number of rotatable bonds is 7. The number of nitrogens with zero attached hydrogens (tertiary/aromatic N) is 1. The van der Waals surface area contributed by atoms with Gasteiger partial charge in [0, 0.05) is 13.1 Å². The predicted molar refractivity (Wildman–Crippen MR) is 87.2 cm³/mol. The normalized spacial score (nSPS) is 17.2. The van der Waals surface area contributed by atoms with E-state index >= 15 is 0 Å². The zero-order valence-electron chi connectivity index (χ0n) is 13.9. The standard InChI is InChI=1S/C18H24FNO4/c1-23-18(22)15(9-5-8-14-6-3-2-4-7-14)16(19)17(21)20-10-12-24-13-11-20/h2-4,6-7,15-16H,5,8-13H2,1H3/t15?,16-/m0/s1. The Labute approximate surface area is 141 Å². The molecule has 0 saturated carbocycles. The van der Waals surface area contributed by atoms with Crippen LogP contribution in [-0.4, -0.2) is 56.4 Å². The lowest BCUT2D eigenvalue weighted by Crippen LogP contribution is -2.47. The highest BCUT2D eigenvalue weighted by Gasteiger charge is 2.37. The number of amides is 1. The van der Waals surface area contributed by atoms with Crippen molar-refractivity contribution in [1.29, 1.82) is 0 Å². The van der Waals surface area contributed by atoms with Crippen molar-refractivity contribution in [1.82, 2.24) is 4.90 Å². The van der Waals surface area contributed by atoms with Crippen LogP contribution in [0.15, 0.2) is 30.3 Å². The number of carbonyl (C=O) groups is 2. The number of ether oxygens (including phenoxy) is 2. The monoisotopic (exact) mass is 337 g/mol. The molecule has 0 N–H and O–H groups in total. The van der Waals surface area contributed by atoms with E-state index in [2.05, 4.69) is 0 Å². The van der Waals surface area contributed by atoms with Crippen molar-refractivity contribution >= 4 is 11.9 Å². The summed E-state index contributed by atoms with van der Waals surface area (Å²) in [6, 6.07) is 9.78. The molecule has 1 fully saturated rings. The molecule has 1 aliphatic rings. The molecule has 132 valence electrons. The second-order valence-electron chi connectivity index (χ2n) is 5.85. The van der Waals surface area contributed by atoms with E-state index in [-0.39, 0.29) is 6.42 Å². The highest BCUT2D eigenvalue weighted by Crippen LogP contribution is 2.21. The van der Waals surface area contributed by atoms with E-state index in [0.717, 1.165) is 12.0 Å². The van der Waals surface area contributed by atoms with Crippen molar-refractivity contribution in [3.8, 4) is 0 Å². The largest absolute Gasteiger partial charge is 0.469 e. The molecule has 1 amide bonds. The topological polar surface area (TPSA) is 55.8 Å². The number of benzene rings is 1. The van der Waals surface area contributed by atoms with Crippen molar-refractivity contribution in [3.05, 3.63) is 35.9 Å². The Balaban J connectivity index is 1.93. The highest BCUT2D eigenvalue weighted by atomic mass is 19.1. The zero-order valence-corrected chi connectivity index (χ0v) is 13.9. The van der Waals surface area contributed by atoms with Gasteiger partial charge in [0.25, 0.3) is 5.91 Å². The van der Waals surface area contributed by atoms with Gasteiger partial charge in [-0.05, 0) is 24.8 Å². The highest BCUT2D eigenvalue weighted by molar-refractivity contribution is 5.87. The van der Waals surface area contributed by atoms with Gasteiger partial charge in [0.1, 0.15) is 0 Å². The third-order valence-electron chi connectivity index (χ3n) is 4.24. The number of alkyl halides is 1. The van der Waals surface area contributed by atoms with E-state index in [1.165, 1.54) is 12.0 Å². The third-order valence-corrected chi connectivity index (χ3v) is 4.24. The Morgan fingerprint density at radius 3 is 2.54 bits per heavy atom. The first-order chi connectivity index (χ1) is 11.6. The molecule has 0 spiro atoms. The molecule has 0 aromatic heterocycles. The van der Waals surface area contributed by atoms with Crippen LogP contribution in [0.3, 0.4) is 0 Å². The number of carbonyl (C=O) groups excluding carboxylic acids is 2. The van der Waals surface area contributed by atoms with Crippen LogP contribution >= 0.6 is 0 Å². The van der Waals surface area contributed by atoms with Crippen molar-refractivity contribution in [3.63, 3.8) is 0 Å². The summed E-state index contributed by atoms with van der Waals surface area (Å²) in [6.45, 7) is 1.51. The predicted octanol–water partition coefficient (Wildman–Crippen LogP) is 2.00. The molecule has 0 aliphatic carbocycles. The van der Waals surface area contributed by atoms with Crippen LogP contribution in [0.1, 0.15) is 18.4 Å². The summed E-state index contributed by atoms with van der Waals surface area (Å²) >= 11 is 0. The number of morpholine rings is 1. The van der Waals surface area contributed by atoms with Gasteiger partial charge in [0.05, 0.1) is 26.2 Å². The fraction of sp³-hybridized carbons (Fsp3) is 0.556. The van der Waals surface area contributed by atoms with Crippen molar-refractivity contribution < 1.29 is 23.5 Å². The molecule has 0 radical (unpaired) electrons. The molecule has 1 saturated heterocycles. The lowest BCUT2D eigenvalue weighted by atomic mass is 9.94. The molecule has 2 rings (SSSR count). The maximum atomic E-state index is 14.7. The lowest BCUT2D eigenvalue weighted by Gasteiger charge is -2.29. The first-order valence-corrected chi connectivity index (χ1v) is 8.26. The lowest BCUT2D eigenvalue weighted by molar-refractivity contribution is -0.155. The number of hydrogen-bond acceptors (Lipinski definition) is 4. The molecule has 0 bridgehead atoms. The van der Waals surface area contributed by atoms with Crippen LogP contribution < -0.4 is 0 Å². The average molecular weight is 337 g/mol. The van der Waals surface area contributed by atoms with Crippen LogP contribution in [0.2, 0.25) is 0 Å². The molecular weight excluding hydrogens is 313 g/mol. The minimum absolute atomic E-state index is 0.277. The van der Waals surface area contributed by atoms with Crippen LogP contribution in [0.4, 0.5) is 4.39 Å². The SMILES string of the molecule is COC(=O)C(CCCc1ccccc1)[C@H](F)C(=O)N1CCOCC1. The molecular formula is C18H24FNO4. The van der Waals surface area contributed by atoms with E-state index in [1.54, 1.807) is 0 Å². The number of aryl methyl sites for hydroxylation is 1. The number of halogens is 1. The second-order valence-corrected chi connectivity index (χ2v) is 5.85. The number of esters is 1. The first-order valence-electron chi connectivity index (χ1n) is 8.26. The van der Waals surface area contributed by atoms with Gasteiger partial charge in [0.15, 0.2) is 6.17 Å². The number of hydrogen-bond donors (Lipinski definition) is 0. The van der Waals surface area contributed by atoms with Crippen LogP contribution in [0.25, 0.3) is 0 Å². The van der Waals surface area contributed by atoms with Gasteiger partial charge in [-0.2, -0.15) is 0 Å². The summed E-state index contributed by atoms with van der Waals surface area (Å²) < 4.78 is 24.5. The Morgan fingerprint density at radius 1 is 1.25 bits per heavy atom. The Hall–Kier alpha value is -1.95. The van der Waals surface area contributed by atoms with Crippen LogP contribution in [-0.2, 0) is 25.5 Å². The smallest absolute Gasteiger partial charge is 0.312 e. The summed E-state index contributed by atoms with van der Waals surface area (Å²) in [7, 11) is 1.22. The van der Waals surface area contributed by atoms with E-state index in [0.29, 0.717) is 32.7 Å². The minimum Gasteiger partial charge on any atom is -0.469 e. The molecule has 5 nitrogen and oxygen atoms in total. The Bertz CT molecular complexity index is 531.